The number of hydrogen-bond donors (Lipinski definition) is 1. The van der Waals surface area contributed by atoms with E-state index < -0.39 is 11.7 Å². The van der Waals surface area contributed by atoms with E-state index in [1.165, 1.54) is 0 Å². The van der Waals surface area contributed by atoms with Gasteiger partial charge in [0.2, 0.25) is 0 Å². The lowest BCUT2D eigenvalue weighted by atomic mass is 10.0. The molecule has 28 heavy (non-hydrogen) atoms. The predicted octanol–water partition coefficient (Wildman–Crippen LogP) is 5.38. The molecule has 0 saturated heterocycles. The first-order valence-electron chi connectivity index (χ1n) is 8.63. The molecule has 0 spiro atoms. The third-order valence-electron chi connectivity index (χ3n) is 4.45. The van der Waals surface area contributed by atoms with Gasteiger partial charge >= 0.3 is 6.18 Å². The molecule has 0 fully saturated rings. The molecule has 0 atom stereocenters. The fraction of sp³-hybridized carbons (Fsp3) is 0.143. The summed E-state index contributed by atoms with van der Waals surface area (Å²) >= 11 is 0. The number of para-hydroxylation sites is 2. The van der Waals surface area contributed by atoms with Gasteiger partial charge in [0.15, 0.2) is 0 Å². The minimum atomic E-state index is -4.46. The Labute approximate surface area is 159 Å². The number of benzene rings is 2. The highest BCUT2D eigenvalue weighted by Gasteiger charge is 2.32. The monoisotopic (exact) mass is 382 g/mol. The third kappa shape index (κ3) is 3.31. The van der Waals surface area contributed by atoms with Crippen molar-refractivity contribution in [1.82, 2.24) is 15.0 Å². The maximum Gasteiger partial charge on any atom is 0.417 e. The Balaban J connectivity index is 1.85. The molecule has 2 aromatic heterocycles. The smallest absolute Gasteiger partial charge is 0.362 e. The minimum Gasteiger partial charge on any atom is -0.362 e. The van der Waals surface area contributed by atoms with E-state index in [1.807, 2.05) is 36.4 Å². The Morgan fingerprint density at radius 3 is 2.39 bits per heavy atom. The topological polar surface area (TPSA) is 44.8 Å². The molecule has 0 saturated carbocycles. The van der Waals surface area contributed by atoms with Gasteiger partial charge < -0.3 is 9.88 Å². The van der Waals surface area contributed by atoms with Crippen molar-refractivity contribution >= 4 is 16.9 Å². The Kier molecular flexibility index (Phi) is 4.30. The van der Waals surface area contributed by atoms with E-state index in [0.717, 1.165) is 28.9 Å². The highest BCUT2D eigenvalue weighted by molar-refractivity contribution is 5.82. The van der Waals surface area contributed by atoms with Crippen LogP contribution in [0, 0.1) is 0 Å². The van der Waals surface area contributed by atoms with Crippen LogP contribution in [0.1, 0.15) is 5.56 Å². The van der Waals surface area contributed by atoms with Crippen molar-refractivity contribution in [2.45, 2.75) is 6.18 Å². The number of nitrogens with zero attached hydrogens (tertiary/aromatic N) is 3. The molecule has 2 aromatic carbocycles. The molecule has 7 heteroatoms. The van der Waals surface area contributed by atoms with Gasteiger partial charge in [-0.3, -0.25) is 0 Å². The van der Waals surface area contributed by atoms with E-state index in [9.17, 15) is 13.2 Å². The van der Waals surface area contributed by atoms with Crippen molar-refractivity contribution in [1.29, 1.82) is 0 Å². The van der Waals surface area contributed by atoms with E-state index in [2.05, 4.69) is 15.0 Å². The molecule has 4 nitrogen and oxygen atoms in total. The molecular weight excluding hydrogens is 365 g/mol. The highest BCUT2D eigenvalue weighted by atomic mass is 19.4. The van der Waals surface area contributed by atoms with Crippen molar-refractivity contribution < 1.29 is 13.2 Å². The van der Waals surface area contributed by atoms with Gasteiger partial charge in [-0.15, -0.1) is 0 Å². The Bertz CT molecular complexity index is 1110. The van der Waals surface area contributed by atoms with Gasteiger partial charge in [0.05, 0.1) is 16.6 Å². The van der Waals surface area contributed by atoms with E-state index >= 15 is 0 Å². The lowest BCUT2D eigenvalue weighted by Crippen LogP contribution is -2.14. The SMILES string of the molecule is CN(C)c1ncc(C(F)(F)F)cc1-c1cccc(-c2nc3ccccc3[nH]2)c1. The van der Waals surface area contributed by atoms with Gasteiger partial charge in [-0.05, 0) is 29.8 Å². The Hall–Kier alpha value is -3.35. The summed E-state index contributed by atoms with van der Waals surface area (Å²) in [6, 6.07) is 16.1. The van der Waals surface area contributed by atoms with Crippen molar-refractivity contribution in [3.63, 3.8) is 0 Å². The number of anilines is 1. The number of imidazole rings is 1. The first kappa shape index (κ1) is 18.0. The van der Waals surface area contributed by atoms with Gasteiger partial charge in [-0.25, -0.2) is 9.97 Å². The van der Waals surface area contributed by atoms with Crippen LogP contribution in [-0.4, -0.2) is 29.0 Å². The Morgan fingerprint density at radius 1 is 0.929 bits per heavy atom. The summed E-state index contributed by atoms with van der Waals surface area (Å²) in [5.74, 6) is 1.13. The second kappa shape index (κ2) is 6.67. The van der Waals surface area contributed by atoms with Crippen LogP contribution in [0.3, 0.4) is 0 Å². The van der Waals surface area contributed by atoms with Crippen LogP contribution in [0.2, 0.25) is 0 Å². The molecule has 0 radical (unpaired) electrons. The number of pyridine rings is 1. The molecular formula is C21H17F3N4. The van der Waals surface area contributed by atoms with Crippen LogP contribution in [0.4, 0.5) is 19.0 Å². The minimum absolute atomic E-state index is 0.415. The maximum absolute atomic E-state index is 13.2. The van der Waals surface area contributed by atoms with E-state index in [1.54, 1.807) is 31.1 Å². The summed E-state index contributed by atoms with van der Waals surface area (Å²) in [6.07, 6.45) is -3.59. The fourth-order valence-corrected chi connectivity index (χ4v) is 3.10. The number of fused-ring (bicyclic) bond motifs is 1. The number of nitrogens with one attached hydrogen (secondary N) is 1. The van der Waals surface area contributed by atoms with Crippen LogP contribution < -0.4 is 4.90 Å². The number of aromatic nitrogens is 3. The van der Waals surface area contributed by atoms with Gasteiger partial charge in [-0.2, -0.15) is 13.2 Å². The fourth-order valence-electron chi connectivity index (χ4n) is 3.10. The first-order valence-corrected chi connectivity index (χ1v) is 8.63. The summed E-state index contributed by atoms with van der Waals surface area (Å²) in [6.45, 7) is 0. The summed E-state index contributed by atoms with van der Waals surface area (Å²) < 4.78 is 39.6. The molecule has 0 bridgehead atoms. The lowest BCUT2D eigenvalue weighted by Gasteiger charge is -2.18. The van der Waals surface area contributed by atoms with Gasteiger partial charge in [0.25, 0.3) is 0 Å². The molecule has 4 aromatic rings. The number of H-pyrrole nitrogens is 1. The molecule has 0 unspecified atom stereocenters. The second-order valence-corrected chi connectivity index (χ2v) is 6.67. The average Bonchev–Trinajstić information content (AvgIpc) is 3.11. The van der Waals surface area contributed by atoms with Gasteiger partial charge in [0.1, 0.15) is 11.6 Å². The molecule has 1 N–H and O–H groups in total. The normalized spacial score (nSPS) is 11.8. The lowest BCUT2D eigenvalue weighted by molar-refractivity contribution is -0.137. The largest absolute Gasteiger partial charge is 0.417 e. The van der Waals surface area contributed by atoms with E-state index in [4.69, 9.17) is 0 Å². The molecule has 0 amide bonds. The van der Waals surface area contributed by atoms with Crippen molar-refractivity contribution in [3.05, 3.63) is 66.4 Å². The summed E-state index contributed by atoms with van der Waals surface area (Å²) in [4.78, 5) is 13.6. The number of halogens is 3. The third-order valence-corrected chi connectivity index (χ3v) is 4.45. The first-order chi connectivity index (χ1) is 13.3. The molecule has 0 aliphatic carbocycles. The zero-order valence-corrected chi connectivity index (χ0v) is 15.2. The second-order valence-electron chi connectivity index (χ2n) is 6.67. The van der Waals surface area contributed by atoms with Crippen LogP contribution in [0.15, 0.2) is 60.8 Å². The zero-order chi connectivity index (χ0) is 19.9. The standard InChI is InChI=1S/C21H17F3N4/c1-28(2)20-16(11-15(12-25-20)21(22,23)24)13-6-5-7-14(10-13)19-26-17-8-3-4-9-18(17)27-19/h3-12H,1-2H3,(H,26,27). The Morgan fingerprint density at radius 2 is 1.68 bits per heavy atom. The van der Waals surface area contributed by atoms with E-state index in [0.29, 0.717) is 22.8 Å². The summed E-state index contributed by atoms with van der Waals surface area (Å²) in [5.41, 5.74) is 2.80. The van der Waals surface area contributed by atoms with Crippen LogP contribution >= 0.6 is 0 Å². The quantitative estimate of drug-likeness (QED) is 0.518. The number of aromatic amines is 1. The van der Waals surface area contributed by atoms with Crippen LogP contribution in [-0.2, 0) is 6.18 Å². The number of hydrogen-bond acceptors (Lipinski definition) is 3. The molecule has 0 aliphatic heterocycles. The van der Waals surface area contributed by atoms with Crippen molar-refractivity contribution in [2.75, 3.05) is 19.0 Å². The zero-order valence-electron chi connectivity index (χ0n) is 15.2. The van der Waals surface area contributed by atoms with Gasteiger partial charge in [-0.1, -0.05) is 30.3 Å². The van der Waals surface area contributed by atoms with Crippen LogP contribution in [0.5, 0.6) is 0 Å². The highest BCUT2D eigenvalue weighted by Crippen LogP contribution is 2.36. The summed E-state index contributed by atoms with van der Waals surface area (Å²) in [5, 5.41) is 0. The number of rotatable bonds is 3. The summed E-state index contributed by atoms with van der Waals surface area (Å²) in [7, 11) is 3.50. The molecule has 2 heterocycles. The molecule has 4 rings (SSSR count). The van der Waals surface area contributed by atoms with Crippen LogP contribution in [0.25, 0.3) is 33.5 Å². The molecule has 142 valence electrons. The molecule has 0 aliphatic rings. The maximum atomic E-state index is 13.2. The average molecular weight is 382 g/mol. The van der Waals surface area contributed by atoms with E-state index in [-0.39, 0.29) is 0 Å². The predicted molar refractivity (Wildman–Crippen MR) is 104 cm³/mol. The van der Waals surface area contributed by atoms with Crippen molar-refractivity contribution in [2.24, 2.45) is 0 Å². The van der Waals surface area contributed by atoms with Gasteiger partial charge in [0, 0.05) is 31.4 Å². The van der Waals surface area contributed by atoms with Crippen molar-refractivity contribution in [3.8, 4) is 22.5 Å². The number of alkyl halides is 3.